The first-order chi connectivity index (χ1) is 11.8. The van der Waals surface area contributed by atoms with Gasteiger partial charge in [-0.05, 0) is 61.9 Å². The van der Waals surface area contributed by atoms with E-state index in [1.54, 1.807) is 0 Å². The fourth-order valence-corrected chi connectivity index (χ4v) is 3.38. The third kappa shape index (κ3) is 3.97. The van der Waals surface area contributed by atoms with Crippen molar-refractivity contribution in [2.24, 2.45) is 0 Å². The largest absolute Gasteiger partial charge is 0.341 e. The molecule has 0 spiro atoms. The average molecular weight is 317 g/mol. The van der Waals surface area contributed by atoms with Crippen LogP contribution in [0.25, 0.3) is 6.08 Å². The lowest BCUT2D eigenvalue weighted by Crippen LogP contribution is -2.24. The molecule has 2 aromatic carbocycles. The van der Waals surface area contributed by atoms with Crippen LogP contribution in [0.5, 0.6) is 0 Å². The summed E-state index contributed by atoms with van der Waals surface area (Å²) in [4.78, 5) is 2.44. The van der Waals surface area contributed by atoms with Crippen LogP contribution in [0.15, 0.2) is 66.3 Å². The molecule has 0 fully saturated rings. The summed E-state index contributed by atoms with van der Waals surface area (Å²) >= 11 is 0. The van der Waals surface area contributed by atoms with Gasteiger partial charge in [-0.15, -0.1) is 0 Å². The minimum Gasteiger partial charge on any atom is -0.341 e. The summed E-state index contributed by atoms with van der Waals surface area (Å²) in [6.45, 7) is 5.49. The standard InChI is InChI=1S/C23H27N/c1-3-8-19(2)9-6-10-20-14-16-22(17-15-20)24-18-7-12-21-11-4-5-13-23(21)24/h4-6,8,10-11,13-17H,3,7,9,12,18H2,1-2H3/b10-6+,19-8-. The van der Waals surface area contributed by atoms with Crippen LogP contribution in [0.1, 0.15) is 44.2 Å². The van der Waals surface area contributed by atoms with E-state index in [1.165, 1.54) is 40.9 Å². The van der Waals surface area contributed by atoms with Crippen LogP contribution in [0.2, 0.25) is 0 Å². The fourth-order valence-electron chi connectivity index (χ4n) is 3.38. The predicted molar refractivity (Wildman–Crippen MR) is 106 cm³/mol. The molecular weight excluding hydrogens is 290 g/mol. The molecule has 1 nitrogen and oxygen atoms in total. The Bertz CT molecular complexity index is 722. The molecule has 0 saturated carbocycles. The van der Waals surface area contributed by atoms with Crippen molar-refractivity contribution in [1.29, 1.82) is 0 Å². The van der Waals surface area contributed by atoms with Crippen molar-refractivity contribution in [3.05, 3.63) is 77.4 Å². The van der Waals surface area contributed by atoms with Gasteiger partial charge in [-0.2, -0.15) is 0 Å². The highest BCUT2D eigenvalue weighted by molar-refractivity contribution is 5.69. The third-order valence-corrected chi connectivity index (χ3v) is 4.62. The van der Waals surface area contributed by atoms with E-state index < -0.39 is 0 Å². The first-order valence-corrected chi connectivity index (χ1v) is 9.05. The monoisotopic (exact) mass is 317 g/mol. The van der Waals surface area contributed by atoms with Crippen LogP contribution in [-0.4, -0.2) is 6.54 Å². The molecule has 2 aromatic rings. The van der Waals surface area contributed by atoms with E-state index in [-0.39, 0.29) is 0 Å². The Kier molecular flexibility index (Phi) is 5.53. The second kappa shape index (κ2) is 8.01. The highest BCUT2D eigenvalue weighted by atomic mass is 15.1. The lowest BCUT2D eigenvalue weighted by atomic mass is 10.0. The van der Waals surface area contributed by atoms with Gasteiger partial charge in [0.15, 0.2) is 0 Å². The molecule has 0 saturated heterocycles. The molecule has 24 heavy (non-hydrogen) atoms. The molecule has 0 N–H and O–H groups in total. The number of rotatable bonds is 5. The Balaban J connectivity index is 1.72. The Labute approximate surface area is 146 Å². The zero-order valence-electron chi connectivity index (χ0n) is 14.8. The molecule has 0 bridgehead atoms. The molecule has 0 atom stereocenters. The lowest BCUT2D eigenvalue weighted by Gasteiger charge is -2.31. The summed E-state index contributed by atoms with van der Waals surface area (Å²) in [5.74, 6) is 0. The molecule has 0 radical (unpaired) electrons. The Morgan fingerprint density at radius 1 is 1.08 bits per heavy atom. The van der Waals surface area contributed by atoms with Crippen LogP contribution < -0.4 is 4.90 Å². The van der Waals surface area contributed by atoms with Crippen molar-refractivity contribution in [2.75, 3.05) is 11.4 Å². The van der Waals surface area contributed by atoms with Gasteiger partial charge in [0.05, 0.1) is 0 Å². The summed E-state index contributed by atoms with van der Waals surface area (Å²) in [5.41, 5.74) is 6.84. The number of allylic oxidation sites excluding steroid dienone is 3. The van der Waals surface area contributed by atoms with Crippen molar-refractivity contribution in [3.63, 3.8) is 0 Å². The van der Waals surface area contributed by atoms with Crippen molar-refractivity contribution in [3.8, 4) is 0 Å². The summed E-state index contributed by atoms with van der Waals surface area (Å²) in [6, 6.07) is 17.7. The minimum atomic E-state index is 1.04. The van der Waals surface area contributed by atoms with Gasteiger partial charge in [0, 0.05) is 17.9 Å². The van der Waals surface area contributed by atoms with Crippen molar-refractivity contribution < 1.29 is 0 Å². The first-order valence-electron chi connectivity index (χ1n) is 9.05. The maximum atomic E-state index is 2.44. The fraction of sp³-hybridized carbons (Fsp3) is 0.304. The van der Waals surface area contributed by atoms with E-state index in [0.717, 1.165) is 19.4 Å². The maximum absolute atomic E-state index is 2.44. The van der Waals surface area contributed by atoms with Gasteiger partial charge in [-0.3, -0.25) is 0 Å². The molecule has 0 unspecified atom stereocenters. The highest BCUT2D eigenvalue weighted by Gasteiger charge is 2.17. The molecule has 1 aliphatic rings. The van der Waals surface area contributed by atoms with E-state index >= 15 is 0 Å². The van der Waals surface area contributed by atoms with Gasteiger partial charge in [0.25, 0.3) is 0 Å². The molecular formula is C23H27N. The zero-order chi connectivity index (χ0) is 16.8. The van der Waals surface area contributed by atoms with Crippen LogP contribution in [-0.2, 0) is 6.42 Å². The number of nitrogens with zero attached hydrogens (tertiary/aromatic N) is 1. The molecule has 1 heteroatoms. The molecule has 0 aromatic heterocycles. The average Bonchev–Trinajstić information content (AvgIpc) is 2.62. The summed E-state index contributed by atoms with van der Waals surface area (Å²) in [6.07, 6.45) is 11.3. The summed E-state index contributed by atoms with van der Waals surface area (Å²) < 4.78 is 0. The van der Waals surface area contributed by atoms with Gasteiger partial charge in [-0.1, -0.05) is 61.1 Å². The highest BCUT2D eigenvalue weighted by Crippen LogP contribution is 2.33. The lowest BCUT2D eigenvalue weighted by molar-refractivity contribution is 0.767. The van der Waals surface area contributed by atoms with Crippen LogP contribution >= 0.6 is 0 Å². The van der Waals surface area contributed by atoms with Crippen LogP contribution in [0, 0.1) is 0 Å². The van der Waals surface area contributed by atoms with Gasteiger partial charge in [-0.25, -0.2) is 0 Å². The number of fused-ring (bicyclic) bond motifs is 1. The van der Waals surface area contributed by atoms with Gasteiger partial charge < -0.3 is 4.90 Å². The quantitative estimate of drug-likeness (QED) is 0.567. The van der Waals surface area contributed by atoms with E-state index in [0.29, 0.717) is 0 Å². The van der Waals surface area contributed by atoms with Crippen molar-refractivity contribution in [2.45, 2.75) is 39.5 Å². The zero-order valence-corrected chi connectivity index (χ0v) is 14.8. The Morgan fingerprint density at radius 2 is 1.88 bits per heavy atom. The van der Waals surface area contributed by atoms with Crippen LogP contribution in [0.3, 0.4) is 0 Å². The van der Waals surface area contributed by atoms with Crippen molar-refractivity contribution >= 4 is 17.5 Å². The minimum absolute atomic E-state index is 1.04. The van der Waals surface area contributed by atoms with E-state index in [4.69, 9.17) is 0 Å². The number of anilines is 2. The second-order valence-electron chi connectivity index (χ2n) is 6.54. The molecule has 1 heterocycles. The van der Waals surface area contributed by atoms with E-state index in [1.807, 2.05) is 0 Å². The molecule has 124 valence electrons. The van der Waals surface area contributed by atoms with Gasteiger partial charge >= 0.3 is 0 Å². The second-order valence-corrected chi connectivity index (χ2v) is 6.54. The van der Waals surface area contributed by atoms with E-state index in [2.05, 4.69) is 85.5 Å². The number of hydrogen-bond acceptors (Lipinski definition) is 1. The first kappa shape index (κ1) is 16.6. The Hall–Kier alpha value is -2.28. The molecule has 1 aliphatic heterocycles. The molecule has 3 rings (SSSR count). The SMILES string of the molecule is CC/C=C(/C)C/C=C/c1ccc(N2CCCc3ccccc32)cc1. The predicted octanol–water partition coefficient (Wildman–Crippen LogP) is 6.53. The number of hydrogen-bond donors (Lipinski definition) is 0. The summed E-state index contributed by atoms with van der Waals surface area (Å²) in [7, 11) is 0. The Morgan fingerprint density at radius 3 is 2.67 bits per heavy atom. The number of para-hydroxylation sites is 1. The van der Waals surface area contributed by atoms with Gasteiger partial charge in [0.2, 0.25) is 0 Å². The number of benzene rings is 2. The normalized spacial score (nSPS) is 14.9. The van der Waals surface area contributed by atoms with Crippen LogP contribution in [0.4, 0.5) is 11.4 Å². The molecule has 0 amide bonds. The van der Waals surface area contributed by atoms with Crippen molar-refractivity contribution in [1.82, 2.24) is 0 Å². The smallest absolute Gasteiger partial charge is 0.0443 e. The molecule has 0 aliphatic carbocycles. The number of aryl methyl sites for hydroxylation is 1. The maximum Gasteiger partial charge on any atom is 0.0443 e. The van der Waals surface area contributed by atoms with Gasteiger partial charge in [0.1, 0.15) is 0 Å². The summed E-state index contributed by atoms with van der Waals surface area (Å²) in [5, 5.41) is 0. The van der Waals surface area contributed by atoms with E-state index in [9.17, 15) is 0 Å². The third-order valence-electron chi connectivity index (χ3n) is 4.62. The topological polar surface area (TPSA) is 3.24 Å².